The Kier molecular flexibility index (Phi) is 2.83. The van der Waals surface area contributed by atoms with Crippen LogP contribution in [0, 0.1) is 0 Å². The Morgan fingerprint density at radius 1 is 1.20 bits per heavy atom. The molecule has 0 unspecified atom stereocenters. The predicted molar refractivity (Wildman–Crippen MR) is 69.8 cm³/mol. The number of hydrogen-bond acceptors (Lipinski definition) is 1. The summed E-state index contributed by atoms with van der Waals surface area (Å²) in [7, 11) is 0. The molecule has 0 aliphatic carbocycles. The molecule has 0 N–H and O–H groups in total. The molecule has 1 heteroatoms. The molecule has 1 heterocycles. The van der Waals surface area contributed by atoms with E-state index in [1.54, 1.807) is 0 Å². The lowest BCUT2D eigenvalue weighted by molar-refractivity contribution is 0.473. The summed E-state index contributed by atoms with van der Waals surface area (Å²) < 4.78 is 1.39. The Hall–Kier alpha value is -0.820. The lowest BCUT2D eigenvalue weighted by atomic mass is 9.80. The van der Waals surface area contributed by atoms with Gasteiger partial charge in [0.25, 0.3) is 0 Å². The lowest BCUT2D eigenvalue weighted by Gasteiger charge is -2.24. The Labute approximate surface area is 95.9 Å². The van der Waals surface area contributed by atoms with E-state index in [2.05, 4.69) is 50.4 Å². The van der Waals surface area contributed by atoms with Gasteiger partial charge < -0.3 is 0 Å². The topological polar surface area (TPSA) is 0 Å². The fraction of sp³-hybridized carbons (Fsp3) is 0.429. The molecule has 0 saturated carbocycles. The summed E-state index contributed by atoms with van der Waals surface area (Å²) in [6.45, 7) is 6.93. The summed E-state index contributed by atoms with van der Waals surface area (Å²) in [5.74, 6) is 0. The van der Waals surface area contributed by atoms with Gasteiger partial charge in [-0.1, -0.05) is 33.3 Å². The van der Waals surface area contributed by atoms with E-state index in [0.717, 1.165) is 0 Å². The van der Waals surface area contributed by atoms with Crippen molar-refractivity contribution in [3.63, 3.8) is 0 Å². The fourth-order valence-electron chi connectivity index (χ4n) is 2.16. The third-order valence-corrected chi connectivity index (χ3v) is 4.01. The summed E-state index contributed by atoms with van der Waals surface area (Å²) in [6.07, 6.45) is 2.50. The zero-order valence-electron chi connectivity index (χ0n) is 9.71. The highest BCUT2D eigenvalue weighted by molar-refractivity contribution is 7.17. The summed E-state index contributed by atoms with van der Waals surface area (Å²) in [6, 6.07) is 9.11. The Morgan fingerprint density at radius 2 is 2.00 bits per heavy atom. The van der Waals surface area contributed by atoms with Crippen LogP contribution in [0.1, 0.15) is 39.2 Å². The van der Waals surface area contributed by atoms with Crippen molar-refractivity contribution in [2.45, 2.75) is 39.0 Å². The monoisotopic (exact) mass is 218 g/mol. The van der Waals surface area contributed by atoms with Crippen LogP contribution in [-0.2, 0) is 5.41 Å². The molecule has 0 atom stereocenters. The molecule has 0 spiro atoms. The molecule has 0 bridgehead atoms. The highest BCUT2D eigenvalue weighted by Crippen LogP contribution is 2.31. The van der Waals surface area contributed by atoms with Crippen LogP contribution < -0.4 is 0 Å². The van der Waals surface area contributed by atoms with Gasteiger partial charge in [-0.15, -0.1) is 11.3 Å². The molecule has 0 radical (unpaired) electrons. The first-order chi connectivity index (χ1) is 7.13. The first kappa shape index (κ1) is 10.7. The molecule has 0 aliphatic rings. The van der Waals surface area contributed by atoms with Crippen LogP contribution in [0.5, 0.6) is 0 Å². The SMILES string of the molecule is CCCC(C)(C)c1ccc2sccc2c1. The van der Waals surface area contributed by atoms with Crippen molar-refractivity contribution < 1.29 is 0 Å². The van der Waals surface area contributed by atoms with Crippen LogP contribution in [0.2, 0.25) is 0 Å². The summed E-state index contributed by atoms with van der Waals surface area (Å²) in [5.41, 5.74) is 1.78. The minimum atomic E-state index is 0.310. The molecule has 1 aromatic carbocycles. The van der Waals surface area contributed by atoms with Crippen LogP contribution in [0.3, 0.4) is 0 Å². The van der Waals surface area contributed by atoms with Gasteiger partial charge in [0.2, 0.25) is 0 Å². The van der Waals surface area contributed by atoms with Crippen LogP contribution in [0.15, 0.2) is 29.6 Å². The standard InChI is InChI=1S/C14H18S/c1-4-8-14(2,3)12-5-6-13-11(10-12)7-9-15-13/h5-7,9-10H,4,8H2,1-3H3. The molecule has 0 aliphatic heterocycles. The van der Waals surface area contributed by atoms with Gasteiger partial charge in [0.15, 0.2) is 0 Å². The second-order valence-corrected chi connectivity index (χ2v) is 5.75. The van der Waals surface area contributed by atoms with E-state index in [1.165, 1.54) is 28.5 Å². The number of benzene rings is 1. The quantitative estimate of drug-likeness (QED) is 0.681. The van der Waals surface area contributed by atoms with Crippen LogP contribution >= 0.6 is 11.3 Å². The molecule has 2 rings (SSSR count). The molecule has 0 fully saturated rings. The maximum Gasteiger partial charge on any atom is 0.0342 e. The highest BCUT2D eigenvalue weighted by atomic mass is 32.1. The molecule has 0 saturated heterocycles. The van der Waals surface area contributed by atoms with Gasteiger partial charge in [0.05, 0.1) is 0 Å². The van der Waals surface area contributed by atoms with E-state index in [4.69, 9.17) is 0 Å². The second-order valence-electron chi connectivity index (χ2n) is 4.81. The molecular formula is C14H18S. The van der Waals surface area contributed by atoms with E-state index in [1.807, 2.05) is 11.3 Å². The van der Waals surface area contributed by atoms with Crippen LogP contribution in [0.4, 0.5) is 0 Å². The van der Waals surface area contributed by atoms with E-state index in [0.29, 0.717) is 5.41 Å². The molecule has 80 valence electrons. The summed E-state index contributed by atoms with van der Waals surface area (Å²) in [5, 5.41) is 3.56. The number of rotatable bonds is 3. The average molecular weight is 218 g/mol. The van der Waals surface area contributed by atoms with Crippen molar-refractivity contribution in [1.82, 2.24) is 0 Å². The normalized spacial score (nSPS) is 12.2. The van der Waals surface area contributed by atoms with Gasteiger partial charge in [-0.2, -0.15) is 0 Å². The second kappa shape index (κ2) is 3.97. The maximum absolute atomic E-state index is 2.35. The van der Waals surface area contributed by atoms with Crippen LogP contribution in [-0.4, -0.2) is 0 Å². The summed E-state index contributed by atoms with van der Waals surface area (Å²) >= 11 is 1.82. The predicted octanol–water partition coefficient (Wildman–Crippen LogP) is 4.98. The Morgan fingerprint density at radius 3 is 2.73 bits per heavy atom. The van der Waals surface area contributed by atoms with Crippen molar-refractivity contribution in [1.29, 1.82) is 0 Å². The Bertz CT molecular complexity index is 451. The molecule has 0 nitrogen and oxygen atoms in total. The molecule has 1 aromatic heterocycles. The van der Waals surface area contributed by atoms with Crippen molar-refractivity contribution >= 4 is 21.4 Å². The third-order valence-electron chi connectivity index (χ3n) is 3.11. The van der Waals surface area contributed by atoms with Crippen molar-refractivity contribution in [2.75, 3.05) is 0 Å². The fourth-order valence-corrected chi connectivity index (χ4v) is 2.93. The van der Waals surface area contributed by atoms with Crippen molar-refractivity contribution in [3.8, 4) is 0 Å². The van der Waals surface area contributed by atoms with E-state index in [-0.39, 0.29) is 0 Å². The van der Waals surface area contributed by atoms with E-state index in [9.17, 15) is 0 Å². The van der Waals surface area contributed by atoms with Gasteiger partial charge in [0.1, 0.15) is 0 Å². The average Bonchev–Trinajstić information content (AvgIpc) is 2.63. The molecule has 0 amide bonds. The number of fused-ring (bicyclic) bond motifs is 1. The maximum atomic E-state index is 2.35. The zero-order chi connectivity index (χ0) is 10.9. The molecule has 2 aromatic rings. The summed E-state index contributed by atoms with van der Waals surface area (Å²) in [4.78, 5) is 0. The van der Waals surface area contributed by atoms with Gasteiger partial charge in [-0.25, -0.2) is 0 Å². The third kappa shape index (κ3) is 2.07. The van der Waals surface area contributed by atoms with Gasteiger partial charge in [-0.3, -0.25) is 0 Å². The van der Waals surface area contributed by atoms with Gasteiger partial charge >= 0.3 is 0 Å². The van der Waals surface area contributed by atoms with Crippen LogP contribution in [0.25, 0.3) is 10.1 Å². The van der Waals surface area contributed by atoms with Crippen molar-refractivity contribution in [2.24, 2.45) is 0 Å². The van der Waals surface area contributed by atoms with Gasteiger partial charge in [0, 0.05) is 4.70 Å². The molecular weight excluding hydrogens is 200 g/mol. The highest BCUT2D eigenvalue weighted by Gasteiger charge is 2.19. The first-order valence-corrected chi connectivity index (χ1v) is 6.49. The van der Waals surface area contributed by atoms with Gasteiger partial charge in [-0.05, 0) is 46.4 Å². The lowest BCUT2D eigenvalue weighted by Crippen LogP contribution is -2.16. The molecule has 15 heavy (non-hydrogen) atoms. The van der Waals surface area contributed by atoms with Crippen molar-refractivity contribution in [3.05, 3.63) is 35.2 Å². The smallest absolute Gasteiger partial charge is 0.0342 e. The first-order valence-electron chi connectivity index (χ1n) is 5.61. The Balaban J connectivity index is 2.42. The largest absolute Gasteiger partial charge is 0.144 e. The van der Waals surface area contributed by atoms with E-state index >= 15 is 0 Å². The number of thiophene rings is 1. The minimum absolute atomic E-state index is 0.310. The van der Waals surface area contributed by atoms with E-state index < -0.39 is 0 Å². The minimum Gasteiger partial charge on any atom is -0.144 e. The zero-order valence-corrected chi connectivity index (χ0v) is 10.5. The number of hydrogen-bond donors (Lipinski definition) is 0.